The van der Waals surface area contributed by atoms with E-state index in [1.54, 1.807) is 0 Å². The lowest BCUT2D eigenvalue weighted by atomic mass is 9.85. The number of nitrogens with one attached hydrogen (secondary N) is 1. The van der Waals surface area contributed by atoms with Crippen molar-refractivity contribution in [1.29, 1.82) is 0 Å². The first-order valence-corrected chi connectivity index (χ1v) is 8.36. The summed E-state index contributed by atoms with van der Waals surface area (Å²) in [7, 11) is 2.11. The first-order chi connectivity index (χ1) is 10.2. The van der Waals surface area contributed by atoms with Crippen molar-refractivity contribution in [3.63, 3.8) is 0 Å². The normalized spacial score (nSPS) is 23.1. The number of aryl methyl sites for hydroxylation is 1. The largest absolute Gasteiger partial charge is 0.354 e. The average molecular weight is 289 g/mol. The summed E-state index contributed by atoms with van der Waals surface area (Å²) in [6, 6.07) is 2.12. The average Bonchev–Trinajstić information content (AvgIpc) is 2.91. The molecule has 1 N–H and O–H groups in total. The van der Waals surface area contributed by atoms with Crippen LogP contribution in [0.5, 0.6) is 0 Å². The lowest BCUT2D eigenvalue weighted by Gasteiger charge is -2.32. The standard InChI is InChI=1S/C17H27N3O/c1-3-4-13-5-6-15-14(11-13)12-16(18-15)17(21)20-9-7-19(2)8-10-20/h12-13,18H,3-11H2,1-2H3. The zero-order valence-corrected chi connectivity index (χ0v) is 13.3. The van der Waals surface area contributed by atoms with E-state index >= 15 is 0 Å². The molecule has 0 aromatic carbocycles. The molecule has 1 aromatic rings. The van der Waals surface area contributed by atoms with Crippen molar-refractivity contribution in [2.45, 2.75) is 39.0 Å². The van der Waals surface area contributed by atoms with Crippen LogP contribution in [0.3, 0.4) is 0 Å². The molecule has 0 saturated carbocycles. The molecule has 116 valence electrons. The molecule has 1 aromatic heterocycles. The summed E-state index contributed by atoms with van der Waals surface area (Å²) in [5.41, 5.74) is 3.50. The smallest absolute Gasteiger partial charge is 0.270 e. The maximum atomic E-state index is 12.6. The van der Waals surface area contributed by atoms with E-state index in [9.17, 15) is 4.79 Å². The number of hydrogen-bond acceptors (Lipinski definition) is 2. The van der Waals surface area contributed by atoms with Gasteiger partial charge in [-0.1, -0.05) is 19.8 Å². The summed E-state index contributed by atoms with van der Waals surface area (Å²) in [5, 5.41) is 0. The number of carbonyl (C=O) groups is 1. The molecular weight excluding hydrogens is 262 g/mol. The predicted molar refractivity (Wildman–Crippen MR) is 84.6 cm³/mol. The molecule has 3 rings (SSSR count). The number of fused-ring (bicyclic) bond motifs is 1. The van der Waals surface area contributed by atoms with E-state index in [2.05, 4.69) is 29.9 Å². The highest BCUT2D eigenvalue weighted by molar-refractivity contribution is 5.93. The Labute approximate surface area is 127 Å². The molecule has 1 aliphatic carbocycles. The molecule has 2 heterocycles. The van der Waals surface area contributed by atoms with Crippen LogP contribution in [0.4, 0.5) is 0 Å². The van der Waals surface area contributed by atoms with Crippen LogP contribution in [-0.2, 0) is 12.8 Å². The summed E-state index contributed by atoms with van der Waals surface area (Å²) >= 11 is 0. The van der Waals surface area contributed by atoms with Crippen LogP contribution in [0.1, 0.15) is 47.9 Å². The van der Waals surface area contributed by atoms with Crippen LogP contribution in [0.25, 0.3) is 0 Å². The zero-order chi connectivity index (χ0) is 14.8. The highest BCUT2D eigenvalue weighted by atomic mass is 16.2. The van der Waals surface area contributed by atoms with Crippen molar-refractivity contribution in [1.82, 2.24) is 14.8 Å². The van der Waals surface area contributed by atoms with Crippen molar-refractivity contribution in [2.24, 2.45) is 5.92 Å². The number of aromatic nitrogens is 1. The molecule has 1 saturated heterocycles. The van der Waals surface area contributed by atoms with Gasteiger partial charge in [-0.3, -0.25) is 4.79 Å². The van der Waals surface area contributed by atoms with Crippen LogP contribution >= 0.6 is 0 Å². The summed E-state index contributed by atoms with van der Waals surface area (Å²) in [6.07, 6.45) is 6.10. The molecule has 4 heteroatoms. The van der Waals surface area contributed by atoms with Gasteiger partial charge >= 0.3 is 0 Å². The Hall–Kier alpha value is -1.29. The fourth-order valence-electron chi connectivity index (χ4n) is 3.66. The number of aromatic amines is 1. The number of likely N-dealkylation sites (N-methyl/N-ethyl adjacent to an activating group) is 1. The van der Waals surface area contributed by atoms with Crippen molar-refractivity contribution < 1.29 is 4.79 Å². The number of hydrogen-bond donors (Lipinski definition) is 1. The van der Waals surface area contributed by atoms with E-state index in [-0.39, 0.29) is 5.91 Å². The Bertz CT molecular complexity index is 500. The monoisotopic (exact) mass is 289 g/mol. The molecule has 1 atom stereocenters. The second-order valence-electron chi connectivity index (χ2n) is 6.68. The third-order valence-electron chi connectivity index (χ3n) is 5.02. The maximum Gasteiger partial charge on any atom is 0.270 e. The van der Waals surface area contributed by atoms with Gasteiger partial charge in [-0.15, -0.1) is 0 Å². The molecule has 21 heavy (non-hydrogen) atoms. The summed E-state index contributed by atoms with van der Waals surface area (Å²) in [6.45, 7) is 5.90. The third-order valence-corrected chi connectivity index (χ3v) is 5.02. The van der Waals surface area contributed by atoms with E-state index < -0.39 is 0 Å². The van der Waals surface area contributed by atoms with Gasteiger partial charge in [-0.05, 0) is 43.9 Å². The lowest BCUT2D eigenvalue weighted by molar-refractivity contribution is 0.0658. The summed E-state index contributed by atoms with van der Waals surface area (Å²) < 4.78 is 0. The first-order valence-electron chi connectivity index (χ1n) is 8.36. The van der Waals surface area contributed by atoms with Gasteiger partial charge < -0.3 is 14.8 Å². The van der Waals surface area contributed by atoms with Gasteiger partial charge in [0.25, 0.3) is 5.91 Å². The Kier molecular flexibility index (Phi) is 4.34. The maximum absolute atomic E-state index is 12.6. The van der Waals surface area contributed by atoms with E-state index in [1.807, 2.05) is 4.90 Å². The molecule has 1 fully saturated rings. The molecule has 0 bridgehead atoms. The highest BCUT2D eigenvalue weighted by Gasteiger charge is 2.25. The molecule has 2 aliphatic rings. The molecule has 4 nitrogen and oxygen atoms in total. The summed E-state index contributed by atoms with van der Waals surface area (Å²) in [4.78, 5) is 20.3. The van der Waals surface area contributed by atoms with E-state index in [0.29, 0.717) is 0 Å². The molecule has 1 unspecified atom stereocenters. The van der Waals surface area contributed by atoms with Crippen LogP contribution in [-0.4, -0.2) is 53.9 Å². The fourth-order valence-corrected chi connectivity index (χ4v) is 3.66. The van der Waals surface area contributed by atoms with Gasteiger partial charge in [0.1, 0.15) is 5.69 Å². The topological polar surface area (TPSA) is 39.3 Å². The third kappa shape index (κ3) is 3.15. The lowest BCUT2D eigenvalue weighted by Crippen LogP contribution is -2.47. The van der Waals surface area contributed by atoms with Gasteiger partial charge in [0.15, 0.2) is 0 Å². The number of nitrogens with zero attached hydrogens (tertiary/aromatic N) is 2. The number of amides is 1. The molecule has 1 aliphatic heterocycles. The number of H-pyrrole nitrogens is 1. The second kappa shape index (κ2) is 6.22. The number of rotatable bonds is 3. The van der Waals surface area contributed by atoms with Crippen molar-refractivity contribution in [3.05, 3.63) is 23.0 Å². The van der Waals surface area contributed by atoms with Crippen molar-refractivity contribution in [2.75, 3.05) is 33.2 Å². The predicted octanol–water partition coefficient (Wildman–Crippen LogP) is 2.31. The summed E-state index contributed by atoms with van der Waals surface area (Å²) in [5.74, 6) is 0.995. The molecule has 0 spiro atoms. The Morgan fingerprint density at radius 3 is 2.81 bits per heavy atom. The number of carbonyl (C=O) groups excluding carboxylic acids is 1. The molecule has 0 radical (unpaired) electrons. The fraction of sp³-hybridized carbons (Fsp3) is 0.706. The van der Waals surface area contributed by atoms with Gasteiger partial charge in [-0.2, -0.15) is 0 Å². The first kappa shape index (κ1) is 14.6. The zero-order valence-electron chi connectivity index (χ0n) is 13.3. The Balaban J connectivity index is 1.68. The Morgan fingerprint density at radius 1 is 1.33 bits per heavy atom. The van der Waals surface area contributed by atoms with Crippen LogP contribution < -0.4 is 0 Å². The minimum Gasteiger partial charge on any atom is -0.354 e. The quantitative estimate of drug-likeness (QED) is 0.927. The molecular formula is C17H27N3O. The van der Waals surface area contributed by atoms with Gasteiger partial charge in [-0.25, -0.2) is 0 Å². The Morgan fingerprint density at radius 2 is 2.10 bits per heavy atom. The highest BCUT2D eigenvalue weighted by Crippen LogP contribution is 2.29. The van der Waals surface area contributed by atoms with Crippen LogP contribution in [0.15, 0.2) is 6.07 Å². The van der Waals surface area contributed by atoms with Crippen molar-refractivity contribution >= 4 is 5.91 Å². The minimum atomic E-state index is 0.185. The van der Waals surface area contributed by atoms with E-state index in [0.717, 1.165) is 50.6 Å². The van der Waals surface area contributed by atoms with Crippen LogP contribution in [0.2, 0.25) is 0 Å². The number of piperazine rings is 1. The van der Waals surface area contributed by atoms with Gasteiger partial charge in [0, 0.05) is 31.9 Å². The van der Waals surface area contributed by atoms with Gasteiger partial charge in [0.05, 0.1) is 0 Å². The van der Waals surface area contributed by atoms with Crippen LogP contribution in [0, 0.1) is 5.92 Å². The van der Waals surface area contributed by atoms with Gasteiger partial charge in [0.2, 0.25) is 0 Å². The minimum absolute atomic E-state index is 0.185. The second-order valence-corrected chi connectivity index (χ2v) is 6.68. The van der Waals surface area contributed by atoms with E-state index in [1.165, 1.54) is 30.5 Å². The molecule has 1 amide bonds. The van der Waals surface area contributed by atoms with E-state index in [4.69, 9.17) is 0 Å². The van der Waals surface area contributed by atoms with Crippen molar-refractivity contribution in [3.8, 4) is 0 Å². The SMILES string of the molecule is CCCC1CCc2[nH]c(C(=O)N3CCN(C)CC3)cc2C1.